The van der Waals surface area contributed by atoms with Crippen molar-refractivity contribution >= 4 is 12.6 Å². The van der Waals surface area contributed by atoms with Gasteiger partial charge in [0, 0.05) is 0 Å². The van der Waals surface area contributed by atoms with E-state index in [-0.39, 0.29) is 0 Å². The van der Waals surface area contributed by atoms with Gasteiger partial charge in [-0.25, -0.2) is 0 Å². The van der Waals surface area contributed by atoms with Gasteiger partial charge in [0.15, 0.2) is 0 Å². The molecule has 1 aromatic rings. The molecule has 72 valence electrons. The summed E-state index contributed by atoms with van der Waals surface area (Å²) >= 11 is 4.14. The van der Waals surface area contributed by atoms with Crippen LogP contribution in [-0.2, 0) is 0 Å². The van der Waals surface area contributed by atoms with Crippen molar-refractivity contribution in [1.29, 1.82) is 0 Å². The van der Waals surface area contributed by atoms with Crippen molar-refractivity contribution in [2.24, 2.45) is 0 Å². The van der Waals surface area contributed by atoms with Crippen LogP contribution in [0.25, 0.3) is 0 Å². The molecule has 0 saturated carbocycles. The number of ether oxygens (including phenoxy) is 1. The van der Waals surface area contributed by atoms with Gasteiger partial charge in [-0.2, -0.15) is 12.6 Å². The van der Waals surface area contributed by atoms with Gasteiger partial charge in [0.05, 0.1) is 6.61 Å². The normalized spacial score (nSPS) is 10.0. The van der Waals surface area contributed by atoms with Gasteiger partial charge in [-0.1, -0.05) is 12.1 Å². The first-order chi connectivity index (χ1) is 6.33. The molecule has 0 aliphatic rings. The number of unbranched alkanes of at least 4 members (excludes halogenated alkanes) is 1. The maximum Gasteiger partial charge on any atom is 0.119 e. The minimum Gasteiger partial charge on any atom is -0.494 e. The summed E-state index contributed by atoms with van der Waals surface area (Å²) in [6, 6.07) is 8.14. The molecule has 0 N–H and O–H groups in total. The molecule has 2 heteroatoms. The summed E-state index contributed by atoms with van der Waals surface area (Å²) in [7, 11) is 0. The Bertz CT molecular complexity index is 248. The quantitative estimate of drug-likeness (QED) is 0.562. The highest BCUT2D eigenvalue weighted by atomic mass is 32.1. The number of thiol groups is 1. The van der Waals surface area contributed by atoms with E-state index in [1.54, 1.807) is 0 Å². The molecule has 0 bridgehead atoms. The lowest BCUT2D eigenvalue weighted by Gasteiger charge is -2.05. The SMILES string of the molecule is Cc1cccc(OCCCCS)c1. The highest BCUT2D eigenvalue weighted by Crippen LogP contribution is 2.12. The van der Waals surface area contributed by atoms with E-state index >= 15 is 0 Å². The molecule has 0 fully saturated rings. The van der Waals surface area contributed by atoms with Gasteiger partial charge in [0.25, 0.3) is 0 Å². The van der Waals surface area contributed by atoms with Crippen LogP contribution in [0.1, 0.15) is 18.4 Å². The highest BCUT2D eigenvalue weighted by Gasteiger charge is 1.92. The third-order valence-electron chi connectivity index (χ3n) is 1.81. The van der Waals surface area contributed by atoms with E-state index in [1.807, 2.05) is 12.1 Å². The van der Waals surface area contributed by atoms with E-state index in [1.165, 1.54) is 5.56 Å². The van der Waals surface area contributed by atoms with Crippen molar-refractivity contribution in [3.05, 3.63) is 29.8 Å². The lowest BCUT2D eigenvalue weighted by molar-refractivity contribution is 0.309. The standard InChI is InChI=1S/C11H16OS/c1-10-5-4-6-11(9-10)12-7-2-3-8-13/h4-6,9,13H,2-3,7-8H2,1H3. The zero-order valence-corrected chi connectivity index (χ0v) is 8.89. The molecular formula is C11H16OS. The Kier molecular flexibility index (Phi) is 4.76. The van der Waals surface area contributed by atoms with E-state index in [0.717, 1.165) is 31.0 Å². The molecule has 0 spiro atoms. The zero-order chi connectivity index (χ0) is 9.52. The Labute approximate surface area is 85.5 Å². The maximum atomic E-state index is 5.55. The molecular weight excluding hydrogens is 180 g/mol. The molecule has 0 atom stereocenters. The third-order valence-corrected chi connectivity index (χ3v) is 2.13. The molecule has 1 nitrogen and oxygen atoms in total. The van der Waals surface area contributed by atoms with E-state index < -0.39 is 0 Å². The van der Waals surface area contributed by atoms with Crippen LogP contribution in [0.2, 0.25) is 0 Å². The lowest BCUT2D eigenvalue weighted by Crippen LogP contribution is -1.97. The first kappa shape index (κ1) is 10.5. The number of rotatable bonds is 5. The zero-order valence-electron chi connectivity index (χ0n) is 7.99. The molecule has 13 heavy (non-hydrogen) atoms. The largest absolute Gasteiger partial charge is 0.494 e. The average Bonchev–Trinajstić information content (AvgIpc) is 2.13. The Morgan fingerprint density at radius 2 is 2.15 bits per heavy atom. The number of hydrogen-bond acceptors (Lipinski definition) is 2. The van der Waals surface area contributed by atoms with Crippen molar-refractivity contribution < 1.29 is 4.74 Å². The summed E-state index contributed by atoms with van der Waals surface area (Å²) in [6.45, 7) is 2.87. The minimum atomic E-state index is 0.796. The number of benzene rings is 1. The Hall–Kier alpha value is -0.630. The lowest BCUT2D eigenvalue weighted by atomic mass is 10.2. The molecule has 0 unspecified atom stereocenters. The van der Waals surface area contributed by atoms with Crippen molar-refractivity contribution in [2.45, 2.75) is 19.8 Å². The summed E-state index contributed by atoms with van der Waals surface area (Å²) in [5, 5.41) is 0. The van der Waals surface area contributed by atoms with Crippen molar-refractivity contribution in [3.8, 4) is 5.75 Å². The van der Waals surface area contributed by atoms with Crippen LogP contribution in [0.4, 0.5) is 0 Å². The van der Waals surface area contributed by atoms with Gasteiger partial charge in [0.2, 0.25) is 0 Å². The summed E-state index contributed by atoms with van der Waals surface area (Å²) in [5.74, 6) is 1.91. The van der Waals surface area contributed by atoms with Gasteiger partial charge in [0.1, 0.15) is 5.75 Å². The average molecular weight is 196 g/mol. The van der Waals surface area contributed by atoms with Crippen molar-refractivity contribution in [3.63, 3.8) is 0 Å². The number of aryl methyl sites for hydroxylation is 1. The molecule has 1 rings (SSSR count). The molecule has 0 saturated heterocycles. The first-order valence-corrected chi connectivity index (χ1v) is 5.26. The number of hydrogen-bond donors (Lipinski definition) is 1. The highest BCUT2D eigenvalue weighted by molar-refractivity contribution is 7.80. The van der Waals surface area contributed by atoms with Gasteiger partial charge in [-0.15, -0.1) is 0 Å². The maximum absolute atomic E-state index is 5.55. The second-order valence-electron chi connectivity index (χ2n) is 3.10. The van der Waals surface area contributed by atoms with Crippen LogP contribution in [0.3, 0.4) is 0 Å². The predicted octanol–water partition coefficient (Wildman–Crippen LogP) is 3.08. The van der Waals surface area contributed by atoms with E-state index in [2.05, 4.69) is 31.7 Å². The molecule has 0 radical (unpaired) electrons. The van der Waals surface area contributed by atoms with Crippen LogP contribution in [0.5, 0.6) is 5.75 Å². The van der Waals surface area contributed by atoms with Gasteiger partial charge >= 0.3 is 0 Å². The Morgan fingerprint density at radius 1 is 1.31 bits per heavy atom. The second-order valence-corrected chi connectivity index (χ2v) is 3.54. The smallest absolute Gasteiger partial charge is 0.119 e. The molecule has 0 heterocycles. The molecule has 0 aliphatic heterocycles. The van der Waals surface area contributed by atoms with Gasteiger partial charge in [-0.3, -0.25) is 0 Å². The molecule has 1 aromatic carbocycles. The van der Waals surface area contributed by atoms with Crippen LogP contribution < -0.4 is 4.74 Å². The van der Waals surface area contributed by atoms with E-state index in [4.69, 9.17) is 4.74 Å². The summed E-state index contributed by atoms with van der Waals surface area (Å²) in [5.41, 5.74) is 1.24. The first-order valence-electron chi connectivity index (χ1n) is 4.63. The van der Waals surface area contributed by atoms with Crippen LogP contribution >= 0.6 is 12.6 Å². The van der Waals surface area contributed by atoms with Crippen LogP contribution in [-0.4, -0.2) is 12.4 Å². The van der Waals surface area contributed by atoms with Crippen LogP contribution in [0.15, 0.2) is 24.3 Å². The predicted molar refractivity (Wildman–Crippen MR) is 59.8 cm³/mol. The fraction of sp³-hybridized carbons (Fsp3) is 0.455. The summed E-state index contributed by atoms with van der Waals surface area (Å²) in [4.78, 5) is 0. The second kappa shape index (κ2) is 5.92. The van der Waals surface area contributed by atoms with Gasteiger partial charge < -0.3 is 4.74 Å². The fourth-order valence-corrected chi connectivity index (χ4v) is 1.33. The fourth-order valence-electron chi connectivity index (χ4n) is 1.11. The monoisotopic (exact) mass is 196 g/mol. The summed E-state index contributed by atoms with van der Waals surface area (Å²) < 4.78 is 5.55. The van der Waals surface area contributed by atoms with Crippen molar-refractivity contribution in [1.82, 2.24) is 0 Å². The topological polar surface area (TPSA) is 9.23 Å². The van der Waals surface area contributed by atoms with Crippen molar-refractivity contribution in [2.75, 3.05) is 12.4 Å². The Balaban J connectivity index is 2.28. The van der Waals surface area contributed by atoms with E-state index in [9.17, 15) is 0 Å². The van der Waals surface area contributed by atoms with E-state index in [0.29, 0.717) is 0 Å². The molecule has 0 amide bonds. The molecule has 0 aliphatic carbocycles. The molecule has 0 aromatic heterocycles. The Morgan fingerprint density at radius 3 is 2.85 bits per heavy atom. The minimum absolute atomic E-state index is 0.796. The summed E-state index contributed by atoms with van der Waals surface area (Å²) in [6.07, 6.45) is 2.20. The third kappa shape index (κ3) is 4.23. The van der Waals surface area contributed by atoms with Gasteiger partial charge in [-0.05, 0) is 43.2 Å². The van der Waals surface area contributed by atoms with Crippen LogP contribution in [0, 0.1) is 6.92 Å².